The molecule has 1 aliphatic heterocycles. The van der Waals surface area contributed by atoms with Crippen LogP contribution in [-0.4, -0.2) is 58.7 Å². The molecule has 0 radical (unpaired) electrons. The summed E-state index contributed by atoms with van der Waals surface area (Å²) in [6.45, 7) is 3.53. The topological polar surface area (TPSA) is 67.6 Å². The molecule has 7 nitrogen and oxygen atoms in total. The Morgan fingerprint density at radius 1 is 1.27 bits per heavy atom. The summed E-state index contributed by atoms with van der Waals surface area (Å²) in [6, 6.07) is 5.85. The van der Waals surface area contributed by atoms with Crippen molar-refractivity contribution in [1.82, 2.24) is 24.3 Å². The molecule has 1 unspecified atom stereocenters. The van der Waals surface area contributed by atoms with Crippen LogP contribution in [0.15, 0.2) is 36.7 Å². The van der Waals surface area contributed by atoms with E-state index in [1.807, 2.05) is 12.3 Å². The first-order valence-corrected chi connectivity index (χ1v) is 10.6. The highest BCUT2D eigenvalue weighted by molar-refractivity contribution is 7.96. The zero-order chi connectivity index (χ0) is 21.1. The number of rotatable bonds is 5. The van der Waals surface area contributed by atoms with E-state index in [0.29, 0.717) is 42.6 Å². The number of nitrogens with one attached hydrogen (secondary N) is 1. The zero-order valence-electron chi connectivity index (χ0n) is 16.3. The molecule has 30 heavy (non-hydrogen) atoms. The number of fused-ring (bicyclic) bond motifs is 1. The van der Waals surface area contributed by atoms with Crippen LogP contribution in [0.25, 0.3) is 16.9 Å². The minimum atomic E-state index is -4.52. The van der Waals surface area contributed by atoms with Crippen molar-refractivity contribution in [3.8, 4) is 11.3 Å². The monoisotopic (exact) mass is 438 g/mol. The summed E-state index contributed by atoms with van der Waals surface area (Å²) in [6.07, 6.45) is 0.635. The zero-order valence-corrected chi connectivity index (χ0v) is 17.1. The summed E-state index contributed by atoms with van der Waals surface area (Å²) in [5.74, 6) is 1.05. The van der Waals surface area contributed by atoms with Gasteiger partial charge in [0.2, 0.25) is 0 Å². The molecule has 0 aliphatic carbocycles. The van der Waals surface area contributed by atoms with E-state index in [1.54, 1.807) is 24.2 Å². The predicted octanol–water partition coefficient (Wildman–Crippen LogP) is 3.13. The minimum Gasteiger partial charge on any atom is -0.379 e. The Morgan fingerprint density at radius 2 is 2.13 bits per heavy atom. The van der Waals surface area contributed by atoms with Crippen LogP contribution in [0.2, 0.25) is 0 Å². The van der Waals surface area contributed by atoms with E-state index in [9.17, 15) is 13.2 Å². The second-order valence-electron chi connectivity index (χ2n) is 6.97. The maximum Gasteiger partial charge on any atom is 0.435 e. The Kier molecular flexibility index (Phi) is 6.11. The van der Waals surface area contributed by atoms with E-state index < -0.39 is 11.9 Å². The third-order valence-corrected chi connectivity index (χ3v) is 5.33. The molecule has 11 heteroatoms. The molecule has 1 N–H and O–H groups in total. The Labute approximate surface area is 175 Å². The van der Waals surface area contributed by atoms with Crippen molar-refractivity contribution in [3.05, 3.63) is 42.4 Å². The van der Waals surface area contributed by atoms with Crippen molar-refractivity contribution >= 4 is 23.4 Å². The number of halogens is 3. The summed E-state index contributed by atoms with van der Waals surface area (Å²) in [4.78, 5) is 10.8. The van der Waals surface area contributed by atoms with Crippen molar-refractivity contribution < 1.29 is 17.9 Å². The highest BCUT2D eigenvalue weighted by atomic mass is 32.2. The molecule has 1 saturated heterocycles. The van der Waals surface area contributed by atoms with E-state index in [-0.39, 0.29) is 0 Å². The lowest BCUT2D eigenvalue weighted by Crippen LogP contribution is -2.34. The van der Waals surface area contributed by atoms with Gasteiger partial charge in [0.25, 0.3) is 0 Å². The molecule has 4 rings (SSSR count). The highest BCUT2D eigenvalue weighted by Gasteiger charge is 2.33. The number of anilines is 1. The first-order valence-electron chi connectivity index (χ1n) is 9.42. The second kappa shape index (κ2) is 8.78. The minimum absolute atomic E-state index is 0.303. The predicted molar refractivity (Wildman–Crippen MR) is 109 cm³/mol. The van der Waals surface area contributed by atoms with E-state index in [1.165, 1.54) is 16.8 Å². The Bertz CT molecular complexity index is 1010. The molecule has 0 bridgehead atoms. The molecule has 3 aromatic heterocycles. The number of alkyl halides is 3. The fourth-order valence-electron chi connectivity index (χ4n) is 3.39. The molecule has 3 aromatic rings. The van der Waals surface area contributed by atoms with Crippen molar-refractivity contribution in [2.75, 3.05) is 44.0 Å². The average Bonchev–Trinajstić information content (AvgIpc) is 3.01. The van der Waals surface area contributed by atoms with Crippen LogP contribution >= 0.6 is 11.9 Å². The third kappa shape index (κ3) is 4.52. The van der Waals surface area contributed by atoms with E-state index >= 15 is 0 Å². The number of aromatic nitrogens is 4. The summed E-state index contributed by atoms with van der Waals surface area (Å²) in [5.41, 5.74) is 0.565. The van der Waals surface area contributed by atoms with Gasteiger partial charge in [-0.3, -0.25) is 4.72 Å². The normalized spacial score (nSPS) is 18.0. The molecule has 1 aliphatic rings. The molecule has 0 aromatic carbocycles. The summed E-state index contributed by atoms with van der Waals surface area (Å²) in [5, 5.41) is 3.75. The van der Waals surface area contributed by atoms with Crippen molar-refractivity contribution in [1.29, 1.82) is 0 Å². The van der Waals surface area contributed by atoms with Gasteiger partial charge in [-0.2, -0.15) is 18.3 Å². The van der Waals surface area contributed by atoms with Gasteiger partial charge in [0.15, 0.2) is 11.3 Å². The maximum absolute atomic E-state index is 13.1. The molecular weight excluding hydrogens is 417 g/mol. The largest absolute Gasteiger partial charge is 0.435 e. The van der Waals surface area contributed by atoms with Gasteiger partial charge in [-0.15, -0.1) is 0 Å². The number of pyridine rings is 1. The highest BCUT2D eigenvalue weighted by Crippen LogP contribution is 2.29. The van der Waals surface area contributed by atoms with Crippen molar-refractivity contribution in [2.45, 2.75) is 6.18 Å². The lowest BCUT2D eigenvalue weighted by molar-refractivity contribution is -0.141. The van der Waals surface area contributed by atoms with E-state index in [0.717, 1.165) is 25.0 Å². The van der Waals surface area contributed by atoms with Gasteiger partial charge in [-0.25, -0.2) is 14.5 Å². The molecule has 1 atom stereocenters. The molecule has 1 fully saturated rings. The van der Waals surface area contributed by atoms with Gasteiger partial charge in [-0.05, 0) is 30.5 Å². The first-order chi connectivity index (χ1) is 14.5. The van der Waals surface area contributed by atoms with Crippen LogP contribution < -0.4 is 9.62 Å². The van der Waals surface area contributed by atoms with E-state index in [2.05, 4.69) is 24.7 Å². The molecule has 0 spiro atoms. The Hall–Kier alpha value is -2.37. The van der Waals surface area contributed by atoms with Gasteiger partial charge >= 0.3 is 6.18 Å². The molecule has 0 saturated carbocycles. The lowest BCUT2D eigenvalue weighted by Gasteiger charge is -2.25. The average molecular weight is 438 g/mol. The Morgan fingerprint density at radius 3 is 2.93 bits per heavy atom. The lowest BCUT2D eigenvalue weighted by atomic mass is 10.1. The fraction of sp³-hybridized carbons (Fsp3) is 0.421. The van der Waals surface area contributed by atoms with Crippen molar-refractivity contribution in [3.63, 3.8) is 0 Å². The number of nitrogens with zero attached hydrogens (tertiary/aromatic N) is 5. The van der Waals surface area contributed by atoms with Gasteiger partial charge < -0.3 is 9.64 Å². The SMILES string of the molecule is CSNCC1COCCN(c2cc(-c3cnc4ccc(C(F)(F)F)nn34)ccn2)C1. The smallest absolute Gasteiger partial charge is 0.379 e. The molecule has 160 valence electrons. The molecular formula is C19H21F3N6OS. The van der Waals surface area contributed by atoms with Gasteiger partial charge in [-0.1, -0.05) is 11.9 Å². The first kappa shape index (κ1) is 20.9. The maximum atomic E-state index is 13.1. The van der Waals surface area contributed by atoms with E-state index in [4.69, 9.17) is 4.74 Å². The molecule has 0 amide bonds. The van der Waals surface area contributed by atoms with Crippen LogP contribution in [-0.2, 0) is 10.9 Å². The van der Waals surface area contributed by atoms with Crippen LogP contribution in [0, 0.1) is 5.92 Å². The summed E-state index contributed by atoms with van der Waals surface area (Å²) >= 11 is 1.57. The number of imidazole rings is 1. The van der Waals surface area contributed by atoms with Crippen LogP contribution in [0.4, 0.5) is 19.0 Å². The number of hydrogen-bond acceptors (Lipinski definition) is 7. The van der Waals surface area contributed by atoms with Crippen LogP contribution in [0.3, 0.4) is 0 Å². The quantitative estimate of drug-likeness (QED) is 0.614. The van der Waals surface area contributed by atoms with Crippen molar-refractivity contribution in [2.24, 2.45) is 5.92 Å². The van der Waals surface area contributed by atoms with Gasteiger partial charge in [0.05, 0.1) is 25.1 Å². The number of hydrogen-bond donors (Lipinski definition) is 1. The molecule has 4 heterocycles. The standard InChI is InChI=1S/C19H21F3N6OS/c1-30-25-9-13-11-27(6-7-29-12-13)18-8-14(4-5-23-18)15-10-24-17-3-2-16(19(20,21)22)26-28(15)17/h2-5,8,10,13,25H,6-7,9,11-12H2,1H3. The van der Waals surface area contributed by atoms with Gasteiger partial charge in [0, 0.05) is 37.3 Å². The van der Waals surface area contributed by atoms with Gasteiger partial charge in [0.1, 0.15) is 5.82 Å². The summed E-state index contributed by atoms with van der Waals surface area (Å²) in [7, 11) is 0. The fourth-order valence-corrected chi connectivity index (χ4v) is 3.79. The Balaban J connectivity index is 1.65. The van der Waals surface area contributed by atoms with Crippen LogP contribution in [0.5, 0.6) is 0 Å². The summed E-state index contributed by atoms with van der Waals surface area (Å²) < 4.78 is 49.5. The third-order valence-electron chi connectivity index (χ3n) is 4.87. The van der Waals surface area contributed by atoms with Crippen LogP contribution in [0.1, 0.15) is 5.69 Å². The number of ether oxygens (including phenoxy) is 1. The second-order valence-corrected chi connectivity index (χ2v) is 7.67.